The van der Waals surface area contributed by atoms with Gasteiger partial charge in [0.2, 0.25) is 0 Å². The molecule has 2 aromatic carbocycles. The maximum Gasteiger partial charge on any atom is 0.0681 e. The van der Waals surface area contributed by atoms with E-state index in [1.165, 1.54) is 44.5 Å². The van der Waals surface area contributed by atoms with Crippen molar-refractivity contribution in [2.75, 3.05) is 0 Å². The largest absolute Gasteiger partial charge is 0.0991 e. The highest BCUT2D eigenvalue weighted by Crippen LogP contribution is 2.59. The third-order valence-corrected chi connectivity index (χ3v) is 6.20. The van der Waals surface area contributed by atoms with Gasteiger partial charge in [-0.1, -0.05) is 91.1 Å². The lowest BCUT2D eigenvalue weighted by Crippen LogP contribution is -2.32. The average Bonchev–Trinajstić information content (AvgIpc) is 3.01. The fourth-order valence-corrected chi connectivity index (χ4v) is 5.24. The molecular formula is C28H28. The average molecular weight is 365 g/mol. The summed E-state index contributed by atoms with van der Waals surface area (Å²) >= 11 is 0. The van der Waals surface area contributed by atoms with Crippen LogP contribution in [0.4, 0.5) is 0 Å². The van der Waals surface area contributed by atoms with Crippen LogP contribution in [0.25, 0.3) is 11.1 Å². The summed E-state index contributed by atoms with van der Waals surface area (Å²) in [5.74, 6) is 0. The summed E-state index contributed by atoms with van der Waals surface area (Å²) in [6, 6.07) is 15.7. The molecule has 2 aliphatic carbocycles. The number of hydrogen-bond acceptors (Lipinski definition) is 0. The zero-order valence-electron chi connectivity index (χ0n) is 17.1. The Labute approximate surface area is 169 Å². The minimum Gasteiger partial charge on any atom is -0.0991 e. The van der Waals surface area contributed by atoms with Gasteiger partial charge in [-0.15, -0.1) is 0 Å². The van der Waals surface area contributed by atoms with E-state index >= 15 is 0 Å². The Bertz CT molecular complexity index is 1060. The fourth-order valence-electron chi connectivity index (χ4n) is 5.24. The molecule has 0 N–H and O–H groups in total. The summed E-state index contributed by atoms with van der Waals surface area (Å²) < 4.78 is 0. The maximum atomic E-state index is 4.04. The van der Waals surface area contributed by atoms with Crippen molar-refractivity contribution in [1.82, 2.24) is 0 Å². The molecule has 0 aliphatic heterocycles. The van der Waals surface area contributed by atoms with Crippen LogP contribution < -0.4 is 0 Å². The standard InChI is InChI=1S/C28H28/c1-5-12-22(13-6-2)28(25-18-9-7-14-20(25)3)26-19-10-8-16-23(26)24-17-11-15-21(4)27(24)28/h5-8,10-17,19H,1,9,18H2,2-4H3/b13-6-,22-12+. The van der Waals surface area contributed by atoms with Crippen molar-refractivity contribution >= 4 is 0 Å². The lowest BCUT2D eigenvalue weighted by molar-refractivity contribution is 0.678. The molecule has 0 radical (unpaired) electrons. The van der Waals surface area contributed by atoms with Crippen molar-refractivity contribution in [3.63, 3.8) is 0 Å². The highest BCUT2D eigenvalue weighted by atomic mass is 14.5. The van der Waals surface area contributed by atoms with Gasteiger partial charge in [0.1, 0.15) is 0 Å². The molecule has 0 amide bonds. The zero-order chi connectivity index (χ0) is 19.7. The second-order valence-electron chi connectivity index (χ2n) is 7.75. The Morgan fingerprint density at radius 3 is 2.57 bits per heavy atom. The van der Waals surface area contributed by atoms with Crippen LogP contribution in [-0.4, -0.2) is 0 Å². The van der Waals surface area contributed by atoms with Crippen LogP contribution in [0.2, 0.25) is 0 Å². The van der Waals surface area contributed by atoms with E-state index in [0.717, 1.165) is 12.8 Å². The van der Waals surface area contributed by atoms with Crippen molar-refractivity contribution in [2.24, 2.45) is 0 Å². The minimum atomic E-state index is -0.257. The molecule has 0 heterocycles. The molecule has 0 nitrogen and oxygen atoms in total. The second-order valence-corrected chi connectivity index (χ2v) is 7.75. The maximum absolute atomic E-state index is 4.04. The number of aryl methyl sites for hydroxylation is 1. The van der Waals surface area contributed by atoms with Crippen LogP contribution in [0.3, 0.4) is 0 Å². The molecular weight excluding hydrogens is 336 g/mol. The minimum absolute atomic E-state index is 0.257. The fraction of sp³-hybridized carbons (Fsp3) is 0.214. The van der Waals surface area contributed by atoms with Gasteiger partial charge in [-0.25, -0.2) is 0 Å². The quantitative estimate of drug-likeness (QED) is 0.490. The lowest BCUT2D eigenvalue weighted by atomic mass is 9.62. The van der Waals surface area contributed by atoms with E-state index in [9.17, 15) is 0 Å². The molecule has 0 saturated heterocycles. The Balaban J connectivity index is 2.24. The van der Waals surface area contributed by atoms with Crippen LogP contribution >= 0.6 is 0 Å². The van der Waals surface area contributed by atoms with Gasteiger partial charge in [0, 0.05) is 0 Å². The summed E-state index contributed by atoms with van der Waals surface area (Å²) in [5, 5.41) is 0. The number of fused-ring (bicyclic) bond motifs is 3. The van der Waals surface area contributed by atoms with Crippen molar-refractivity contribution in [3.8, 4) is 11.1 Å². The molecule has 0 saturated carbocycles. The first-order valence-corrected chi connectivity index (χ1v) is 10.2. The third kappa shape index (κ3) is 2.52. The third-order valence-electron chi connectivity index (χ3n) is 6.20. The summed E-state index contributed by atoms with van der Waals surface area (Å²) in [6.07, 6.45) is 15.4. The van der Waals surface area contributed by atoms with Crippen LogP contribution in [-0.2, 0) is 5.41 Å². The van der Waals surface area contributed by atoms with E-state index in [2.05, 4.69) is 100 Å². The SMILES string of the molecule is C=C/C=C(\C=C/C)C1(C2=C(C)C=CCC2)c2ccccc2-c2cccc(C)c21. The van der Waals surface area contributed by atoms with E-state index in [1.807, 2.05) is 6.08 Å². The Hall–Kier alpha value is -2.86. The van der Waals surface area contributed by atoms with Gasteiger partial charge in [-0.2, -0.15) is 0 Å². The molecule has 0 fully saturated rings. The van der Waals surface area contributed by atoms with Gasteiger partial charge in [0.25, 0.3) is 0 Å². The Morgan fingerprint density at radius 1 is 1.04 bits per heavy atom. The van der Waals surface area contributed by atoms with Gasteiger partial charge < -0.3 is 0 Å². The Morgan fingerprint density at radius 2 is 1.82 bits per heavy atom. The Kier molecular flexibility index (Phi) is 4.81. The van der Waals surface area contributed by atoms with Crippen LogP contribution in [0.1, 0.15) is 43.4 Å². The molecule has 4 rings (SSSR count). The molecule has 1 unspecified atom stereocenters. The van der Waals surface area contributed by atoms with E-state index in [0.29, 0.717) is 0 Å². The van der Waals surface area contributed by atoms with E-state index in [1.54, 1.807) is 0 Å². The lowest BCUT2D eigenvalue weighted by Gasteiger charge is -2.39. The topological polar surface area (TPSA) is 0 Å². The molecule has 140 valence electrons. The normalized spacial score (nSPS) is 21.2. The number of rotatable bonds is 4. The zero-order valence-corrected chi connectivity index (χ0v) is 17.1. The summed E-state index contributed by atoms with van der Waals surface area (Å²) in [4.78, 5) is 0. The predicted molar refractivity (Wildman–Crippen MR) is 122 cm³/mol. The summed E-state index contributed by atoms with van der Waals surface area (Å²) in [7, 11) is 0. The number of benzene rings is 2. The number of allylic oxidation sites excluding steroid dienone is 9. The summed E-state index contributed by atoms with van der Waals surface area (Å²) in [6.45, 7) is 10.7. The molecule has 1 atom stereocenters. The van der Waals surface area contributed by atoms with E-state index < -0.39 is 0 Å². The highest BCUT2D eigenvalue weighted by molar-refractivity contribution is 5.88. The smallest absolute Gasteiger partial charge is 0.0681 e. The van der Waals surface area contributed by atoms with Gasteiger partial charge in [0.05, 0.1) is 5.41 Å². The first-order chi connectivity index (χ1) is 13.7. The van der Waals surface area contributed by atoms with Crippen molar-refractivity contribution in [2.45, 2.75) is 39.0 Å². The van der Waals surface area contributed by atoms with Gasteiger partial charge in [-0.05, 0) is 72.6 Å². The van der Waals surface area contributed by atoms with Gasteiger partial charge in [-0.3, -0.25) is 0 Å². The molecule has 2 aromatic rings. The van der Waals surface area contributed by atoms with E-state index in [-0.39, 0.29) is 5.41 Å². The van der Waals surface area contributed by atoms with Crippen LogP contribution in [0.5, 0.6) is 0 Å². The van der Waals surface area contributed by atoms with Crippen molar-refractivity contribution in [1.29, 1.82) is 0 Å². The second kappa shape index (κ2) is 7.28. The predicted octanol–water partition coefficient (Wildman–Crippen LogP) is 7.62. The molecule has 0 heteroatoms. The highest BCUT2D eigenvalue weighted by Gasteiger charge is 2.48. The van der Waals surface area contributed by atoms with Crippen LogP contribution in [0, 0.1) is 6.92 Å². The molecule has 0 spiro atoms. The van der Waals surface area contributed by atoms with Crippen molar-refractivity contribution < 1.29 is 0 Å². The molecule has 28 heavy (non-hydrogen) atoms. The molecule has 0 bridgehead atoms. The first-order valence-electron chi connectivity index (χ1n) is 10.2. The van der Waals surface area contributed by atoms with E-state index in [4.69, 9.17) is 0 Å². The summed E-state index contributed by atoms with van der Waals surface area (Å²) in [5.41, 5.74) is 10.9. The molecule has 2 aliphatic rings. The molecule has 0 aromatic heterocycles. The first kappa shape index (κ1) is 18.5. The number of hydrogen-bond donors (Lipinski definition) is 0. The van der Waals surface area contributed by atoms with Crippen molar-refractivity contribution in [3.05, 3.63) is 119 Å². The monoisotopic (exact) mass is 364 g/mol. The van der Waals surface area contributed by atoms with Gasteiger partial charge in [0.15, 0.2) is 0 Å². The van der Waals surface area contributed by atoms with Gasteiger partial charge >= 0.3 is 0 Å². The van der Waals surface area contributed by atoms with Crippen LogP contribution in [0.15, 0.2) is 102 Å².